The molecule has 0 bridgehead atoms. The minimum absolute atomic E-state index is 0.751. The van der Waals surface area contributed by atoms with Crippen molar-refractivity contribution in [3.05, 3.63) is 301 Å². The molecule has 1 atom stereocenters. The molecular formula is C73H46N2O. The van der Waals surface area contributed by atoms with E-state index < -0.39 is 5.41 Å². The molecule has 0 N–H and O–H groups in total. The number of benzene rings is 12. The molecule has 0 radical (unpaired) electrons. The summed E-state index contributed by atoms with van der Waals surface area (Å²) in [5, 5.41) is 2.28. The average molecular weight is 967 g/mol. The van der Waals surface area contributed by atoms with E-state index in [1.165, 1.54) is 72.3 Å². The zero-order valence-electron chi connectivity index (χ0n) is 41.4. The predicted octanol–water partition coefficient (Wildman–Crippen LogP) is 19.9. The van der Waals surface area contributed by atoms with E-state index in [0.29, 0.717) is 0 Å². The van der Waals surface area contributed by atoms with Gasteiger partial charge in [0.05, 0.1) is 22.5 Å². The average Bonchev–Trinajstić information content (AvgIpc) is 4.14. The normalized spacial score (nSPS) is 14.3. The molecule has 3 aliphatic rings. The highest BCUT2D eigenvalue weighted by molar-refractivity contribution is 6.16. The van der Waals surface area contributed by atoms with Crippen LogP contribution in [0, 0.1) is 0 Å². The number of nitrogens with zero attached hydrogens (tertiary/aromatic N) is 2. The van der Waals surface area contributed by atoms with Crippen LogP contribution in [0.25, 0.3) is 88.7 Å². The number of para-hydroxylation sites is 4. The maximum Gasteiger partial charge on any atom is 0.136 e. The topological polar surface area (TPSA) is 19.6 Å². The van der Waals surface area contributed by atoms with Crippen LogP contribution in [0.2, 0.25) is 0 Å². The first-order valence-corrected chi connectivity index (χ1v) is 26.2. The van der Waals surface area contributed by atoms with Gasteiger partial charge in [-0.1, -0.05) is 218 Å². The van der Waals surface area contributed by atoms with Gasteiger partial charge in [-0.05, 0) is 139 Å². The minimum atomic E-state index is -0.751. The van der Waals surface area contributed by atoms with Crippen LogP contribution in [0.1, 0.15) is 22.3 Å². The van der Waals surface area contributed by atoms with Gasteiger partial charge in [-0.3, -0.25) is 0 Å². The van der Waals surface area contributed by atoms with Crippen molar-refractivity contribution in [2.24, 2.45) is 0 Å². The van der Waals surface area contributed by atoms with Gasteiger partial charge in [0.25, 0.3) is 0 Å². The Morgan fingerprint density at radius 3 is 1.66 bits per heavy atom. The van der Waals surface area contributed by atoms with Gasteiger partial charge in [-0.15, -0.1) is 0 Å². The van der Waals surface area contributed by atoms with Gasteiger partial charge in [-0.2, -0.15) is 0 Å². The molecule has 1 unspecified atom stereocenters. The van der Waals surface area contributed by atoms with Crippen LogP contribution in [-0.2, 0) is 5.41 Å². The fourth-order valence-corrected chi connectivity index (χ4v) is 13.4. The summed E-state index contributed by atoms with van der Waals surface area (Å²) in [7, 11) is 0. The molecule has 1 spiro atoms. The molecule has 354 valence electrons. The number of rotatable bonds is 5. The smallest absolute Gasteiger partial charge is 0.136 e. The largest absolute Gasteiger partial charge is 0.456 e. The summed E-state index contributed by atoms with van der Waals surface area (Å²) >= 11 is 0. The van der Waals surface area contributed by atoms with Gasteiger partial charge in [0.2, 0.25) is 0 Å². The van der Waals surface area contributed by atoms with E-state index >= 15 is 0 Å². The Kier molecular flexibility index (Phi) is 9.25. The summed E-state index contributed by atoms with van der Waals surface area (Å²) in [5.41, 5.74) is 26.9. The molecule has 3 nitrogen and oxygen atoms in total. The second kappa shape index (κ2) is 16.5. The molecule has 12 aromatic carbocycles. The summed E-state index contributed by atoms with van der Waals surface area (Å²) in [6.07, 6.45) is 0. The first kappa shape index (κ1) is 42.5. The van der Waals surface area contributed by atoms with Gasteiger partial charge in [0.15, 0.2) is 0 Å². The first-order valence-electron chi connectivity index (χ1n) is 26.2. The monoisotopic (exact) mass is 966 g/mol. The zero-order valence-corrected chi connectivity index (χ0v) is 41.4. The number of hydrogen-bond donors (Lipinski definition) is 0. The summed E-state index contributed by atoms with van der Waals surface area (Å²) < 4.78 is 6.70. The van der Waals surface area contributed by atoms with Gasteiger partial charge in [0, 0.05) is 39.0 Å². The van der Waals surface area contributed by atoms with Crippen LogP contribution in [0.5, 0.6) is 0 Å². The SMILES string of the molecule is c1ccc(-c2cccc(N(c3ccc4c(c3)C3(c5ccccc5-c5ccccc5-4)c4ccccc4-c4c3ccc3oc5ccccc5c43)c3cccc4c3N(c3ccccc3)c3ccccc3-c3ccccc3-4)c2)cc1. The highest BCUT2D eigenvalue weighted by atomic mass is 16.3. The number of furan rings is 1. The van der Waals surface area contributed by atoms with Crippen LogP contribution in [0.15, 0.2) is 283 Å². The number of anilines is 6. The van der Waals surface area contributed by atoms with E-state index in [2.05, 4.69) is 289 Å². The van der Waals surface area contributed by atoms with Crippen LogP contribution in [-0.4, -0.2) is 0 Å². The predicted molar refractivity (Wildman–Crippen MR) is 315 cm³/mol. The van der Waals surface area contributed by atoms with Crippen LogP contribution >= 0.6 is 0 Å². The van der Waals surface area contributed by atoms with Crippen molar-refractivity contribution in [1.29, 1.82) is 0 Å². The Bertz CT molecular complexity index is 4490. The molecule has 0 amide bonds. The lowest BCUT2D eigenvalue weighted by Gasteiger charge is -2.37. The molecule has 1 aromatic heterocycles. The third-order valence-electron chi connectivity index (χ3n) is 16.4. The van der Waals surface area contributed by atoms with Crippen molar-refractivity contribution < 1.29 is 4.42 Å². The summed E-state index contributed by atoms with van der Waals surface area (Å²) in [5.74, 6) is 0. The Morgan fingerprint density at radius 2 is 0.882 bits per heavy atom. The highest BCUT2D eigenvalue weighted by Gasteiger charge is 2.51. The van der Waals surface area contributed by atoms with Crippen molar-refractivity contribution in [3.63, 3.8) is 0 Å². The highest BCUT2D eigenvalue weighted by Crippen LogP contribution is 2.64. The standard InChI is InChI=1S/C73H46N2O/c1-3-21-47(22-4-1)48-23-19-26-50(45-48)74(67-39-20-35-59-55-30-10-9-29-54(55)58-32-13-17-38-66(58)75(72(59)67)49-24-5-2-6-25-49)51-41-42-57-53-28-8-7-27-52(53)56-31-11-15-36-62(56)73(65(57)46-51)63-37-16-12-33-60(63)70-64(73)43-44-69-71(70)61-34-14-18-40-68(61)76-69/h1-46H. The van der Waals surface area contributed by atoms with Crippen molar-refractivity contribution in [1.82, 2.24) is 0 Å². The second-order valence-corrected chi connectivity index (χ2v) is 20.2. The Labute approximate surface area is 441 Å². The van der Waals surface area contributed by atoms with Gasteiger partial charge >= 0.3 is 0 Å². The van der Waals surface area contributed by atoms with E-state index in [9.17, 15) is 0 Å². The quantitative estimate of drug-likeness (QED) is 0.171. The fourth-order valence-electron chi connectivity index (χ4n) is 13.4. The maximum absolute atomic E-state index is 6.70. The molecule has 13 aromatic rings. The molecule has 1 aliphatic heterocycles. The Hall–Kier alpha value is -9.96. The van der Waals surface area contributed by atoms with Crippen LogP contribution < -0.4 is 9.80 Å². The molecule has 16 rings (SSSR count). The first-order chi connectivity index (χ1) is 37.7. The van der Waals surface area contributed by atoms with E-state index in [4.69, 9.17) is 4.42 Å². The molecule has 0 saturated carbocycles. The summed E-state index contributed by atoms with van der Waals surface area (Å²) in [6.45, 7) is 0. The minimum Gasteiger partial charge on any atom is -0.456 e. The molecule has 0 fully saturated rings. The third kappa shape index (κ3) is 5.99. The third-order valence-corrected chi connectivity index (χ3v) is 16.4. The van der Waals surface area contributed by atoms with E-state index in [1.807, 2.05) is 0 Å². The lowest BCUT2D eigenvalue weighted by Crippen LogP contribution is -2.29. The Morgan fingerprint density at radius 1 is 0.329 bits per heavy atom. The maximum atomic E-state index is 6.70. The van der Waals surface area contributed by atoms with Gasteiger partial charge in [0.1, 0.15) is 11.2 Å². The van der Waals surface area contributed by atoms with Gasteiger partial charge in [-0.25, -0.2) is 0 Å². The zero-order chi connectivity index (χ0) is 49.9. The summed E-state index contributed by atoms with van der Waals surface area (Å²) in [4.78, 5) is 5.03. The van der Waals surface area contributed by atoms with E-state index in [1.54, 1.807) is 0 Å². The van der Waals surface area contributed by atoms with Crippen molar-refractivity contribution >= 4 is 56.1 Å². The lowest BCUT2D eigenvalue weighted by atomic mass is 9.65. The lowest BCUT2D eigenvalue weighted by molar-refractivity contribution is 0.668. The molecule has 0 saturated heterocycles. The molecular weight excluding hydrogens is 921 g/mol. The van der Waals surface area contributed by atoms with Crippen LogP contribution in [0.4, 0.5) is 34.1 Å². The molecule has 3 heteroatoms. The number of hydrogen-bond acceptors (Lipinski definition) is 3. The van der Waals surface area contributed by atoms with Crippen molar-refractivity contribution in [2.45, 2.75) is 5.41 Å². The van der Waals surface area contributed by atoms with Crippen LogP contribution in [0.3, 0.4) is 0 Å². The second-order valence-electron chi connectivity index (χ2n) is 20.2. The molecule has 2 aliphatic carbocycles. The molecule has 76 heavy (non-hydrogen) atoms. The Balaban J connectivity index is 1.05. The van der Waals surface area contributed by atoms with Crippen molar-refractivity contribution in [3.8, 4) is 66.8 Å². The number of fused-ring (bicyclic) bond motifs is 21. The van der Waals surface area contributed by atoms with Gasteiger partial charge < -0.3 is 14.2 Å². The van der Waals surface area contributed by atoms with E-state index in [-0.39, 0.29) is 0 Å². The summed E-state index contributed by atoms with van der Waals surface area (Å²) in [6, 6.07) is 103. The van der Waals surface area contributed by atoms with E-state index in [0.717, 1.165) is 72.8 Å². The van der Waals surface area contributed by atoms with Crippen molar-refractivity contribution in [2.75, 3.05) is 9.80 Å². The molecule has 2 heterocycles. The fraction of sp³-hybridized carbons (Fsp3) is 0.0137.